The van der Waals surface area contributed by atoms with Gasteiger partial charge >= 0.3 is 0 Å². The smallest absolute Gasteiger partial charge is 0.224 e. The van der Waals surface area contributed by atoms with E-state index in [1.165, 1.54) is 55.2 Å². The highest BCUT2D eigenvalue weighted by molar-refractivity contribution is 5.78. The summed E-state index contributed by atoms with van der Waals surface area (Å²) in [5, 5.41) is 3.17. The van der Waals surface area contributed by atoms with Crippen molar-refractivity contribution in [3.8, 4) is 0 Å². The van der Waals surface area contributed by atoms with E-state index in [0.29, 0.717) is 6.42 Å². The molecule has 0 radical (unpaired) electrons. The van der Waals surface area contributed by atoms with E-state index in [1.54, 1.807) is 0 Å². The summed E-state index contributed by atoms with van der Waals surface area (Å²) in [5.41, 5.74) is 5.63. The Kier molecular flexibility index (Phi) is 4.13. The number of aryl methyl sites for hydroxylation is 2. The fourth-order valence-electron chi connectivity index (χ4n) is 3.92. The highest BCUT2D eigenvalue weighted by Crippen LogP contribution is 2.47. The summed E-state index contributed by atoms with van der Waals surface area (Å²) in [7, 11) is 0. The summed E-state index contributed by atoms with van der Waals surface area (Å²) >= 11 is 0. The van der Waals surface area contributed by atoms with E-state index >= 15 is 0 Å². The van der Waals surface area contributed by atoms with Crippen LogP contribution < -0.4 is 5.32 Å². The highest BCUT2D eigenvalue weighted by Gasteiger charge is 2.44. The third kappa shape index (κ3) is 3.24. The molecule has 2 aliphatic rings. The first kappa shape index (κ1) is 15.4. The summed E-state index contributed by atoms with van der Waals surface area (Å²) in [6, 6.07) is 17.2. The molecule has 1 amide bonds. The van der Waals surface area contributed by atoms with Crippen molar-refractivity contribution in [1.29, 1.82) is 0 Å². The van der Waals surface area contributed by atoms with Gasteiger partial charge in [0.05, 0.1) is 6.42 Å². The Hall–Kier alpha value is -2.09. The summed E-state index contributed by atoms with van der Waals surface area (Å²) in [5.74, 6) is 0.146. The Labute approximate surface area is 144 Å². The van der Waals surface area contributed by atoms with Crippen molar-refractivity contribution in [3.63, 3.8) is 0 Å². The largest absolute Gasteiger partial charge is 0.355 e. The Balaban J connectivity index is 1.36. The Morgan fingerprint density at radius 2 is 1.71 bits per heavy atom. The van der Waals surface area contributed by atoms with Crippen LogP contribution in [0.3, 0.4) is 0 Å². The SMILES string of the molecule is O=C(Cc1ccc2c(c1)CCCC2)NCC1(c2ccccc2)CC1. The maximum Gasteiger partial charge on any atom is 0.224 e. The summed E-state index contributed by atoms with van der Waals surface area (Å²) in [6.45, 7) is 0.765. The van der Waals surface area contributed by atoms with Gasteiger partial charge in [-0.2, -0.15) is 0 Å². The number of amides is 1. The zero-order valence-corrected chi connectivity index (χ0v) is 14.2. The van der Waals surface area contributed by atoms with Gasteiger partial charge in [0.15, 0.2) is 0 Å². The number of carbonyl (C=O) groups excluding carboxylic acids is 1. The molecule has 2 heteroatoms. The van der Waals surface area contributed by atoms with Gasteiger partial charge in [-0.1, -0.05) is 48.5 Å². The van der Waals surface area contributed by atoms with Crippen LogP contribution in [0.25, 0.3) is 0 Å². The number of hydrogen-bond donors (Lipinski definition) is 1. The average molecular weight is 319 g/mol. The van der Waals surface area contributed by atoms with Crippen molar-refractivity contribution < 1.29 is 4.79 Å². The van der Waals surface area contributed by atoms with E-state index in [-0.39, 0.29) is 11.3 Å². The topological polar surface area (TPSA) is 29.1 Å². The second-order valence-corrected chi connectivity index (χ2v) is 7.41. The monoisotopic (exact) mass is 319 g/mol. The van der Waals surface area contributed by atoms with Crippen LogP contribution in [-0.4, -0.2) is 12.5 Å². The molecule has 2 aromatic carbocycles. The molecule has 0 atom stereocenters. The standard InChI is InChI=1S/C22H25NO/c24-21(15-17-10-11-18-6-4-5-7-19(18)14-17)23-16-22(12-13-22)20-8-2-1-3-9-20/h1-3,8-11,14H,4-7,12-13,15-16H2,(H,23,24). The van der Waals surface area contributed by atoms with Crippen LogP contribution in [0.2, 0.25) is 0 Å². The Morgan fingerprint density at radius 1 is 0.958 bits per heavy atom. The first-order valence-electron chi connectivity index (χ1n) is 9.18. The molecule has 0 saturated heterocycles. The number of fused-ring (bicyclic) bond motifs is 1. The second kappa shape index (κ2) is 6.43. The maximum absolute atomic E-state index is 12.4. The minimum Gasteiger partial charge on any atom is -0.355 e. The molecular formula is C22H25NO. The first-order valence-corrected chi connectivity index (χ1v) is 9.18. The Morgan fingerprint density at radius 3 is 2.46 bits per heavy atom. The predicted molar refractivity (Wildman–Crippen MR) is 97.2 cm³/mol. The maximum atomic E-state index is 12.4. The molecule has 0 bridgehead atoms. The van der Waals surface area contributed by atoms with Gasteiger partial charge in [-0.3, -0.25) is 4.79 Å². The van der Waals surface area contributed by atoms with Gasteiger partial charge in [-0.15, -0.1) is 0 Å². The molecule has 1 saturated carbocycles. The van der Waals surface area contributed by atoms with Crippen LogP contribution in [0, 0.1) is 0 Å². The van der Waals surface area contributed by atoms with Crippen molar-refractivity contribution in [2.75, 3.05) is 6.54 Å². The number of rotatable bonds is 5. The zero-order valence-electron chi connectivity index (χ0n) is 14.2. The van der Waals surface area contributed by atoms with Crippen LogP contribution in [0.1, 0.15) is 47.9 Å². The van der Waals surface area contributed by atoms with E-state index in [2.05, 4.69) is 47.8 Å². The minimum absolute atomic E-state index is 0.146. The van der Waals surface area contributed by atoms with Crippen LogP contribution >= 0.6 is 0 Å². The van der Waals surface area contributed by atoms with Gasteiger partial charge in [0.25, 0.3) is 0 Å². The van der Waals surface area contributed by atoms with Crippen molar-refractivity contribution in [3.05, 3.63) is 70.8 Å². The fourth-order valence-corrected chi connectivity index (χ4v) is 3.92. The molecule has 0 spiro atoms. The third-order valence-electron chi connectivity index (χ3n) is 5.64. The molecule has 0 aromatic heterocycles. The van der Waals surface area contributed by atoms with Crippen LogP contribution in [0.4, 0.5) is 0 Å². The molecule has 2 aliphatic carbocycles. The quantitative estimate of drug-likeness (QED) is 0.888. The zero-order chi connectivity index (χ0) is 16.4. The van der Waals surface area contributed by atoms with Gasteiger partial charge in [0.2, 0.25) is 5.91 Å². The molecule has 4 rings (SSSR count). The molecule has 24 heavy (non-hydrogen) atoms. The van der Waals surface area contributed by atoms with Gasteiger partial charge in [0, 0.05) is 12.0 Å². The summed E-state index contributed by atoms with van der Waals surface area (Å²) < 4.78 is 0. The number of hydrogen-bond acceptors (Lipinski definition) is 1. The molecule has 1 fully saturated rings. The highest BCUT2D eigenvalue weighted by atomic mass is 16.1. The normalized spacial score (nSPS) is 17.8. The number of nitrogens with one attached hydrogen (secondary N) is 1. The molecule has 2 aromatic rings. The van der Waals surface area contributed by atoms with Gasteiger partial charge < -0.3 is 5.32 Å². The molecular weight excluding hydrogens is 294 g/mol. The molecule has 2 nitrogen and oxygen atoms in total. The van der Waals surface area contributed by atoms with Gasteiger partial charge in [0.1, 0.15) is 0 Å². The third-order valence-corrected chi connectivity index (χ3v) is 5.64. The molecule has 1 N–H and O–H groups in total. The van der Waals surface area contributed by atoms with E-state index in [4.69, 9.17) is 0 Å². The molecule has 124 valence electrons. The van der Waals surface area contributed by atoms with Gasteiger partial charge in [-0.05, 0) is 60.8 Å². The average Bonchev–Trinajstić information content (AvgIpc) is 3.42. The molecule has 0 unspecified atom stereocenters. The number of benzene rings is 2. The van der Waals surface area contributed by atoms with Crippen molar-refractivity contribution >= 4 is 5.91 Å². The number of carbonyl (C=O) groups is 1. The van der Waals surface area contributed by atoms with Crippen molar-refractivity contribution in [2.24, 2.45) is 0 Å². The lowest BCUT2D eigenvalue weighted by molar-refractivity contribution is -0.120. The lowest BCUT2D eigenvalue weighted by Gasteiger charge is -2.18. The molecule has 0 aliphatic heterocycles. The van der Waals surface area contributed by atoms with Crippen LogP contribution in [-0.2, 0) is 29.5 Å². The summed E-state index contributed by atoms with van der Waals surface area (Å²) in [4.78, 5) is 12.4. The predicted octanol–water partition coefficient (Wildman–Crippen LogP) is 3.96. The van der Waals surface area contributed by atoms with Crippen molar-refractivity contribution in [1.82, 2.24) is 5.32 Å². The van der Waals surface area contributed by atoms with E-state index < -0.39 is 0 Å². The lowest BCUT2D eigenvalue weighted by Crippen LogP contribution is -2.33. The van der Waals surface area contributed by atoms with Crippen LogP contribution in [0.15, 0.2) is 48.5 Å². The van der Waals surface area contributed by atoms with E-state index in [9.17, 15) is 4.79 Å². The first-order chi connectivity index (χ1) is 11.8. The molecule has 0 heterocycles. The van der Waals surface area contributed by atoms with Crippen LogP contribution in [0.5, 0.6) is 0 Å². The van der Waals surface area contributed by atoms with E-state index in [1.807, 2.05) is 6.07 Å². The second-order valence-electron chi connectivity index (χ2n) is 7.41. The fraction of sp³-hybridized carbons (Fsp3) is 0.409. The summed E-state index contributed by atoms with van der Waals surface area (Å²) in [6.07, 6.45) is 7.80. The Bertz CT molecular complexity index is 731. The van der Waals surface area contributed by atoms with Gasteiger partial charge in [-0.25, -0.2) is 0 Å². The minimum atomic E-state index is 0.146. The van der Waals surface area contributed by atoms with E-state index in [0.717, 1.165) is 12.1 Å². The van der Waals surface area contributed by atoms with Crippen molar-refractivity contribution in [2.45, 2.75) is 50.4 Å². The lowest BCUT2D eigenvalue weighted by atomic mass is 9.90.